The average Bonchev–Trinajstić information content (AvgIpc) is 2.81. The second-order valence-electron chi connectivity index (χ2n) is 3.52. The van der Waals surface area contributed by atoms with Gasteiger partial charge in [0.1, 0.15) is 0 Å². The minimum Gasteiger partial charge on any atom is -0.358 e. The van der Waals surface area contributed by atoms with Crippen molar-refractivity contribution in [2.24, 2.45) is 0 Å². The maximum atomic E-state index is 11.6. The quantitative estimate of drug-likeness (QED) is 0.879. The van der Waals surface area contributed by atoms with Gasteiger partial charge < -0.3 is 10.6 Å². The summed E-state index contributed by atoms with van der Waals surface area (Å²) < 4.78 is 7.70. The second kappa shape index (κ2) is 6.32. The molecular formula is C11H11ClN4OS. The van der Waals surface area contributed by atoms with Gasteiger partial charge in [0.15, 0.2) is 11.0 Å². The Morgan fingerprint density at radius 1 is 1.28 bits per heavy atom. The van der Waals surface area contributed by atoms with E-state index < -0.39 is 0 Å². The van der Waals surface area contributed by atoms with Gasteiger partial charge in [-0.25, -0.2) is 0 Å². The fourth-order valence-corrected chi connectivity index (χ4v) is 1.99. The van der Waals surface area contributed by atoms with E-state index in [1.807, 2.05) is 30.3 Å². The maximum absolute atomic E-state index is 11.6. The van der Waals surface area contributed by atoms with E-state index in [-0.39, 0.29) is 17.6 Å². The zero-order valence-electron chi connectivity index (χ0n) is 9.39. The molecule has 5 nitrogen and oxygen atoms in total. The smallest absolute Gasteiger partial charge is 0.239 e. The van der Waals surface area contributed by atoms with Gasteiger partial charge in [0.25, 0.3) is 0 Å². The summed E-state index contributed by atoms with van der Waals surface area (Å²) in [5, 5.41) is 5.90. The highest BCUT2D eigenvalue weighted by molar-refractivity contribution is 6.99. The molecule has 0 bridgehead atoms. The topological polar surface area (TPSA) is 66.9 Å². The normalized spacial score (nSPS) is 10.1. The van der Waals surface area contributed by atoms with Crippen molar-refractivity contribution in [3.8, 4) is 0 Å². The third kappa shape index (κ3) is 3.68. The van der Waals surface area contributed by atoms with Gasteiger partial charge in [-0.15, -0.1) is 0 Å². The number of hydrogen-bond donors (Lipinski definition) is 2. The third-order valence-corrected chi connectivity index (χ3v) is 3.09. The van der Waals surface area contributed by atoms with Crippen molar-refractivity contribution < 1.29 is 4.79 Å². The van der Waals surface area contributed by atoms with E-state index in [0.717, 1.165) is 17.3 Å². The Kier molecular flexibility index (Phi) is 4.49. The summed E-state index contributed by atoms with van der Waals surface area (Å²) in [4.78, 5) is 11.6. The number of aromatic nitrogens is 2. The van der Waals surface area contributed by atoms with Gasteiger partial charge in [-0.1, -0.05) is 41.9 Å². The predicted octanol–water partition coefficient (Wildman–Crippen LogP) is 1.92. The average molecular weight is 283 g/mol. The summed E-state index contributed by atoms with van der Waals surface area (Å²) in [7, 11) is 0. The van der Waals surface area contributed by atoms with Crippen molar-refractivity contribution in [2.75, 3.05) is 11.9 Å². The molecule has 0 fully saturated rings. The Balaban J connectivity index is 1.75. The van der Waals surface area contributed by atoms with E-state index in [0.29, 0.717) is 12.4 Å². The standard InChI is InChI=1S/C11H11ClN4OS/c12-10-11(16-18-15-10)14-7-9(17)13-6-8-4-2-1-3-5-8/h1-5H,6-7H2,(H,13,17)(H,14,16). The van der Waals surface area contributed by atoms with Crippen LogP contribution in [0.25, 0.3) is 0 Å². The second-order valence-corrected chi connectivity index (χ2v) is 4.41. The van der Waals surface area contributed by atoms with Crippen LogP contribution >= 0.6 is 23.3 Å². The van der Waals surface area contributed by atoms with Crippen LogP contribution in [-0.2, 0) is 11.3 Å². The highest BCUT2D eigenvalue weighted by Gasteiger charge is 2.06. The van der Waals surface area contributed by atoms with Gasteiger partial charge in [-0.3, -0.25) is 4.79 Å². The molecule has 2 rings (SSSR count). The van der Waals surface area contributed by atoms with Crippen molar-refractivity contribution in [3.63, 3.8) is 0 Å². The molecule has 0 aliphatic rings. The highest BCUT2D eigenvalue weighted by atomic mass is 35.5. The van der Waals surface area contributed by atoms with Crippen LogP contribution in [0.5, 0.6) is 0 Å². The largest absolute Gasteiger partial charge is 0.358 e. The number of carbonyl (C=O) groups is 1. The van der Waals surface area contributed by atoms with Crippen molar-refractivity contribution >= 4 is 35.1 Å². The minimum atomic E-state index is -0.122. The zero-order valence-corrected chi connectivity index (χ0v) is 11.0. The molecule has 0 aliphatic carbocycles. The summed E-state index contributed by atoms with van der Waals surface area (Å²) in [6, 6.07) is 9.70. The zero-order chi connectivity index (χ0) is 12.8. The molecule has 0 saturated carbocycles. The Labute approximate surface area is 114 Å². The highest BCUT2D eigenvalue weighted by Crippen LogP contribution is 2.16. The lowest BCUT2D eigenvalue weighted by atomic mass is 10.2. The summed E-state index contributed by atoms with van der Waals surface area (Å²) in [5.41, 5.74) is 1.05. The van der Waals surface area contributed by atoms with Gasteiger partial charge in [-0.05, 0) is 5.56 Å². The van der Waals surface area contributed by atoms with Crippen molar-refractivity contribution in [3.05, 3.63) is 41.0 Å². The summed E-state index contributed by atoms with van der Waals surface area (Å²) in [5.74, 6) is 0.319. The van der Waals surface area contributed by atoms with Crippen LogP contribution in [0.3, 0.4) is 0 Å². The van der Waals surface area contributed by atoms with Gasteiger partial charge in [0, 0.05) is 6.54 Å². The van der Waals surface area contributed by atoms with E-state index in [1.54, 1.807) is 0 Å². The maximum Gasteiger partial charge on any atom is 0.239 e. The van der Waals surface area contributed by atoms with Crippen LogP contribution in [0.2, 0.25) is 5.15 Å². The van der Waals surface area contributed by atoms with Gasteiger partial charge in [0.2, 0.25) is 5.91 Å². The number of nitrogens with one attached hydrogen (secondary N) is 2. The van der Waals surface area contributed by atoms with E-state index in [1.165, 1.54) is 0 Å². The molecule has 18 heavy (non-hydrogen) atoms. The van der Waals surface area contributed by atoms with E-state index >= 15 is 0 Å². The lowest BCUT2D eigenvalue weighted by molar-refractivity contribution is -0.119. The Morgan fingerprint density at radius 3 is 2.72 bits per heavy atom. The molecule has 0 unspecified atom stereocenters. The van der Waals surface area contributed by atoms with Crippen molar-refractivity contribution in [1.29, 1.82) is 0 Å². The number of rotatable bonds is 5. The minimum absolute atomic E-state index is 0.122. The first-order chi connectivity index (χ1) is 8.75. The molecule has 2 aromatic rings. The van der Waals surface area contributed by atoms with Crippen LogP contribution in [0, 0.1) is 0 Å². The van der Waals surface area contributed by atoms with E-state index in [9.17, 15) is 4.79 Å². The Morgan fingerprint density at radius 2 is 2.06 bits per heavy atom. The van der Waals surface area contributed by atoms with Crippen LogP contribution in [-0.4, -0.2) is 21.2 Å². The lowest BCUT2D eigenvalue weighted by Crippen LogP contribution is -2.29. The van der Waals surface area contributed by atoms with Gasteiger partial charge in [-0.2, -0.15) is 8.75 Å². The molecule has 0 radical (unpaired) electrons. The third-order valence-electron chi connectivity index (χ3n) is 2.20. The fourth-order valence-electron chi connectivity index (χ4n) is 1.31. The Hall–Kier alpha value is -1.66. The molecule has 1 amide bonds. The first-order valence-corrected chi connectivity index (χ1v) is 6.39. The predicted molar refractivity (Wildman–Crippen MR) is 71.7 cm³/mol. The molecule has 0 saturated heterocycles. The summed E-state index contributed by atoms with van der Waals surface area (Å²) in [6.07, 6.45) is 0. The van der Waals surface area contributed by atoms with Crippen LogP contribution in [0.1, 0.15) is 5.56 Å². The molecule has 0 spiro atoms. The number of benzene rings is 1. The van der Waals surface area contributed by atoms with Crippen LogP contribution in [0.4, 0.5) is 5.82 Å². The van der Waals surface area contributed by atoms with Gasteiger partial charge in [0.05, 0.1) is 18.3 Å². The number of halogens is 1. The SMILES string of the molecule is O=C(CNc1nsnc1Cl)NCc1ccccc1. The monoisotopic (exact) mass is 282 g/mol. The Bertz CT molecular complexity index is 517. The molecule has 94 valence electrons. The first kappa shape index (κ1) is 12.8. The van der Waals surface area contributed by atoms with Crippen LogP contribution in [0.15, 0.2) is 30.3 Å². The van der Waals surface area contributed by atoms with Crippen LogP contribution < -0.4 is 10.6 Å². The number of hydrogen-bond acceptors (Lipinski definition) is 5. The molecule has 0 aliphatic heterocycles. The van der Waals surface area contributed by atoms with Crippen molar-refractivity contribution in [1.82, 2.24) is 14.1 Å². The number of amides is 1. The number of carbonyl (C=O) groups excluding carboxylic acids is 1. The molecule has 7 heteroatoms. The molecule has 1 heterocycles. The fraction of sp³-hybridized carbons (Fsp3) is 0.182. The molecule has 1 aromatic heterocycles. The first-order valence-electron chi connectivity index (χ1n) is 5.28. The summed E-state index contributed by atoms with van der Waals surface area (Å²) >= 11 is 6.74. The lowest BCUT2D eigenvalue weighted by Gasteiger charge is -2.05. The summed E-state index contributed by atoms with van der Waals surface area (Å²) in [6.45, 7) is 0.627. The molecule has 1 aromatic carbocycles. The number of anilines is 1. The molecule has 2 N–H and O–H groups in total. The van der Waals surface area contributed by atoms with Crippen molar-refractivity contribution in [2.45, 2.75) is 6.54 Å². The van der Waals surface area contributed by atoms with E-state index in [4.69, 9.17) is 11.6 Å². The molecular weight excluding hydrogens is 272 g/mol. The number of nitrogens with zero attached hydrogens (tertiary/aromatic N) is 2. The molecule has 0 atom stereocenters. The van der Waals surface area contributed by atoms with E-state index in [2.05, 4.69) is 19.4 Å². The van der Waals surface area contributed by atoms with Gasteiger partial charge >= 0.3 is 0 Å².